The highest BCUT2D eigenvalue weighted by atomic mass is 16.1. The molecule has 0 aliphatic rings. The summed E-state index contributed by atoms with van der Waals surface area (Å²) in [5.41, 5.74) is 1.27. The van der Waals surface area contributed by atoms with Gasteiger partial charge in [0.15, 0.2) is 0 Å². The molecule has 3 rings (SSSR count). The van der Waals surface area contributed by atoms with Crippen LogP contribution < -0.4 is 5.69 Å². The molecule has 0 saturated heterocycles. The van der Waals surface area contributed by atoms with Gasteiger partial charge in [-0.15, -0.1) is 0 Å². The topological polar surface area (TPSA) is 68.5 Å². The summed E-state index contributed by atoms with van der Waals surface area (Å²) in [5, 5.41) is 0. The summed E-state index contributed by atoms with van der Waals surface area (Å²) < 4.78 is 3.31. The van der Waals surface area contributed by atoms with Gasteiger partial charge in [0.05, 0.1) is 17.2 Å². The normalized spacial score (nSPS) is 11.1. The number of hydrogen-bond donors (Lipinski definition) is 1. The number of pyridine rings is 1. The SMILES string of the molecule is Cn1ccnc1-n1c(=O)[nH]c2cnccc21. The third kappa shape index (κ3) is 1.10. The van der Waals surface area contributed by atoms with E-state index >= 15 is 0 Å². The molecule has 1 N–H and O–H groups in total. The Labute approximate surface area is 90.2 Å². The maximum atomic E-state index is 11.8. The van der Waals surface area contributed by atoms with Gasteiger partial charge in [-0.1, -0.05) is 0 Å². The molecule has 16 heavy (non-hydrogen) atoms. The summed E-state index contributed by atoms with van der Waals surface area (Å²) in [4.78, 5) is 22.7. The van der Waals surface area contributed by atoms with Gasteiger partial charge in [0.1, 0.15) is 0 Å². The number of aromatic amines is 1. The Morgan fingerprint density at radius 2 is 2.25 bits per heavy atom. The van der Waals surface area contributed by atoms with Crippen LogP contribution in [0.4, 0.5) is 0 Å². The summed E-state index contributed by atoms with van der Waals surface area (Å²) in [6, 6.07) is 1.78. The average molecular weight is 215 g/mol. The zero-order chi connectivity index (χ0) is 11.1. The first kappa shape index (κ1) is 8.90. The van der Waals surface area contributed by atoms with Crippen molar-refractivity contribution in [2.45, 2.75) is 0 Å². The fourth-order valence-corrected chi connectivity index (χ4v) is 1.73. The van der Waals surface area contributed by atoms with Gasteiger partial charge in [0, 0.05) is 25.6 Å². The third-order valence-corrected chi connectivity index (χ3v) is 2.48. The van der Waals surface area contributed by atoms with Crippen LogP contribution in [0, 0.1) is 0 Å². The maximum Gasteiger partial charge on any atom is 0.333 e. The summed E-state index contributed by atoms with van der Waals surface area (Å²) in [6.07, 6.45) is 6.72. The van der Waals surface area contributed by atoms with Gasteiger partial charge in [0.2, 0.25) is 5.95 Å². The van der Waals surface area contributed by atoms with Crippen LogP contribution in [0.2, 0.25) is 0 Å². The number of nitrogens with one attached hydrogen (secondary N) is 1. The van der Waals surface area contributed by atoms with Crippen molar-refractivity contribution >= 4 is 11.0 Å². The van der Waals surface area contributed by atoms with Gasteiger partial charge in [-0.05, 0) is 6.07 Å². The number of aryl methyl sites for hydroxylation is 1. The van der Waals surface area contributed by atoms with E-state index in [1.807, 2.05) is 7.05 Å². The molecule has 80 valence electrons. The van der Waals surface area contributed by atoms with Crippen molar-refractivity contribution in [3.8, 4) is 5.95 Å². The van der Waals surface area contributed by atoms with Gasteiger partial charge < -0.3 is 9.55 Å². The van der Waals surface area contributed by atoms with E-state index in [1.165, 1.54) is 4.57 Å². The molecule has 0 aliphatic carbocycles. The lowest BCUT2D eigenvalue weighted by Gasteiger charge is -2.01. The molecule has 6 nitrogen and oxygen atoms in total. The van der Waals surface area contributed by atoms with Crippen LogP contribution in [0.1, 0.15) is 0 Å². The smallest absolute Gasteiger partial charge is 0.320 e. The van der Waals surface area contributed by atoms with Crippen molar-refractivity contribution in [3.63, 3.8) is 0 Å². The van der Waals surface area contributed by atoms with Crippen molar-refractivity contribution in [2.24, 2.45) is 7.05 Å². The highest BCUT2D eigenvalue weighted by Gasteiger charge is 2.11. The first-order chi connectivity index (χ1) is 7.77. The van der Waals surface area contributed by atoms with Crippen molar-refractivity contribution in [2.75, 3.05) is 0 Å². The number of fused-ring (bicyclic) bond motifs is 1. The molecule has 0 saturated carbocycles. The third-order valence-electron chi connectivity index (χ3n) is 2.48. The van der Waals surface area contributed by atoms with E-state index in [0.29, 0.717) is 11.5 Å². The van der Waals surface area contributed by atoms with Crippen LogP contribution in [0.25, 0.3) is 17.0 Å². The molecule has 0 amide bonds. The summed E-state index contributed by atoms with van der Waals surface area (Å²) in [5.74, 6) is 0.586. The highest BCUT2D eigenvalue weighted by Crippen LogP contribution is 2.11. The van der Waals surface area contributed by atoms with Gasteiger partial charge in [-0.2, -0.15) is 0 Å². The van der Waals surface area contributed by atoms with Gasteiger partial charge in [-0.3, -0.25) is 4.98 Å². The molecule has 3 aromatic heterocycles. The molecule has 0 bridgehead atoms. The largest absolute Gasteiger partial charge is 0.333 e. The first-order valence-electron chi connectivity index (χ1n) is 4.80. The second-order valence-corrected chi connectivity index (χ2v) is 3.50. The lowest BCUT2D eigenvalue weighted by Crippen LogP contribution is -2.17. The fourth-order valence-electron chi connectivity index (χ4n) is 1.73. The van der Waals surface area contributed by atoms with E-state index in [1.54, 1.807) is 35.4 Å². The van der Waals surface area contributed by atoms with E-state index < -0.39 is 0 Å². The first-order valence-corrected chi connectivity index (χ1v) is 4.80. The zero-order valence-electron chi connectivity index (χ0n) is 8.58. The fraction of sp³-hybridized carbons (Fsp3) is 0.100. The minimum Gasteiger partial charge on any atom is -0.320 e. The lowest BCUT2D eigenvalue weighted by molar-refractivity contribution is 0.812. The molecule has 0 fully saturated rings. The number of nitrogens with zero attached hydrogens (tertiary/aromatic N) is 4. The molecule has 3 aromatic rings. The monoisotopic (exact) mass is 215 g/mol. The van der Waals surface area contributed by atoms with Crippen LogP contribution in [-0.4, -0.2) is 24.1 Å². The Morgan fingerprint density at radius 1 is 1.38 bits per heavy atom. The lowest BCUT2D eigenvalue weighted by atomic mass is 10.4. The minimum atomic E-state index is -0.211. The van der Waals surface area contributed by atoms with Crippen LogP contribution in [0.3, 0.4) is 0 Å². The van der Waals surface area contributed by atoms with Crippen molar-refractivity contribution in [3.05, 3.63) is 41.3 Å². The Hall–Kier alpha value is -2.37. The molecule has 6 heteroatoms. The van der Waals surface area contributed by atoms with E-state index in [4.69, 9.17) is 0 Å². The van der Waals surface area contributed by atoms with Gasteiger partial charge >= 0.3 is 5.69 Å². The van der Waals surface area contributed by atoms with Crippen LogP contribution in [0.5, 0.6) is 0 Å². The van der Waals surface area contributed by atoms with E-state index in [2.05, 4.69) is 15.0 Å². The Bertz CT molecular complexity index is 705. The van der Waals surface area contributed by atoms with Crippen LogP contribution in [-0.2, 0) is 7.05 Å². The van der Waals surface area contributed by atoms with Crippen molar-refractivity contribution < 1.29 is 0 Å². The number of rotatable bonds is 1. The Balaban J connectivity index is 2.44. The maximum absolute atomic E-state index is 11.8. The average Bonchev–Trinajstić information content (AvgIpc) is 2.81. The number of imidazole rings is 2. The zero-order valence-corrected chi connectivity index (χ0v) is 8.58. The van der Waals surface area contributed by atoms with E-state index in [-0.39, 0.29) is 5.69 Å². The molecular formula is C10H9N5O. The molecule has 0 unspecified atom stereocenters. The van der Waals surface area contributed by atoms with E-state index in [0.717, 1.165) is 5.52 Å². The van der Waals surface area contributed by atoms with Crippen LogP contribution in [0.15, 0.2) is 35.6 Å². The molecule has 0 aliphatic heterocycles. The summed E-state index contributed by atoms with van der Waals surface area (Å²) in [7, 11) is 1.84. The second-order valence-electron chi connectivity index (χ2n) is 3.50. The number of hydrogen-bond acceptors (Lipinski definition) is 3. The van der Waals surface area contributed by atoms with Gasteiger partial charge in [-0.25, -0.2) is 14.3 Å². The number of H-pyrrole nitrogens is 1. The van der Waals surface area contributed by atoms with E-state index in [9.17, 15) is 4.79 Å². The number of aromatic nitrogens is 5. The molecule has 0 atom stereocenters. The quantitative estimate of drug-likeness (QED) is 0.640. The predicted octanol–water partition coefficient (Wildman–Crippen LogP) is 0.447. The molecule has 0 spiro atoms. The van der Waals surface area contributed by atoms with Gasteiger partial charge in [0.25, 0.3) is 0 Å². The minimum absolute atomic E-state index is 0.211. The molecule has 0 radical (unpaired) electrons. The Morgan fingerprint density at radius 3 is 3.00 bits per heavy atom. The molecular weight excluding hydrogens is 206 g/mol. The summed E-state index contributed by atoms with van der Waals surface area (Å²) >= 11 is 0. The standard InChI is InChI=1S/C10H9N5O/c1-14-5-4-12-9(14)15-8-2-3-11-6-7(8)13-10(15)16/h2-6H,1H3,(H,13,16). The molecule has 0 aromatic carbocycles. The summed E-state index contributed by atoms with van der Waals surface area (Å²) in [6.45, 7) is 0. The predicted molar refractivity (Wildman–Crippen MR) is 58.5 cm³/mol. The van der Waals surface area contributed by atoms with Crippen LogP contribution >= 0.6 is 0 Å². The second kappa shape index (κ2) is 3.06. The van der Waals surface area contributed by atoms with Crippen molar-refractivity contribution in [1.82, 2.24) is 24.1 Å². The van der Waals surface area contributed by atoms with Crippen molar-refractivity contribution in [1.29, 1.82) is 0 Å². The molecule has 3 heterocycles. The Kier molecular flexibility index (Phi) is 1.70. The highest BCUT2D eigenvalue weighted by molar-refractivity contribution is 5.75.